The minimum atomic E-state index is 0.792. The van der Waals surface area contributed by atoms with Gasteiger partial charge >= 0.3 is 0 Å². The van der Waals surface area contributed by atoms with Crippen LogP contribution in [0.15, 0.2) is 48.6 Å². The van der Waals surface area contributed by atoms with Gasteiger partial charge in [0.2, 0.25) is 0 Å². The lowest BCUT2D eigenvalue weighted by Gasteiger charge is -2.32. The Morgan fingerprint density at radius 2 is 1.68 bits per heavy atom. The van der Waals surface area contributed by atoms with Crippen LogP contribution in [0.2, 0.25) is 0 Å². The Morgan fingerprint density at radius 3 is 2.32 bits per heavy atom. The minimum Gasteiger partial charge on any atom is -0.0802 e. The lowest BCUT2D eigenvalue weighted by molar-refractivity contribution is 0.240. The lowest BCUT2D eigenvalue weighted by atomic mass is 9.74. The third kappa shape index (κ3) is 3.00. The molecule has 1 fully saturated rings. The van der Waals surface area contributed by atoms with Gasteiger partial charge in [0.25, 0.3) is 0 Å². The summed E-state index contributed by atoms with van der Waals surface area (Å²) in [5.41, 5.74) is 2.76. The van der Waals surface area contributed by atoms with Crippen LogP contribution in [0, 0.1) is 17.8 Å². The molecule has 0 nitrogen and oxygen atoms in total. The maximum absolute atomic E-state index is 2.48. The Kier molecular flexibility index (Phi) is 3.87. The summed E-state index contributed by atoms with van der Waals surface area (Å²) in [6.07, 6.45) is 14.2. The number of benzene rings is 1. The van der Waals surface area contributed by atoms with E-state index < -0.39 is 0 Å². The largest absolute Gasteiger partial charge is 0.0802 e. The van der Waals surface area contributed by atoms with Crippen molar-refractivity contribution in [2.75, 3.05) is 0 Å². The van der Waals surface area contributed by atoms with Gasteiger partial charge in [0.1, 0.15) is 0 Å². The van der Waals surface area contributed by atoms with E-state index in [1.54, 1.807) is 0 Å². The minimum absolute atomic E-state index is 0.792. The first-order valence-electron chi connectivity index (χ1n) is 7.76. The molecule has 0 radical (unpaired) electrons. The van der Waals surface area contributed by atoms with Crippen LogP contribution in [0.3, 0.4) is 0 Å². The molecule has 100 valence electrons. The second-order valence-corrected chi connectivity index (χ2v) is 6.30. The Morgan fingerprint density at radius 1 is 0.947 bits per heavy atom. The molecule has 0 amide bonds. The van der Waals surface area contributed by atoms with Crippen molar-refractivity contribution in [2.45, 2.75) is 39.0 Å². The lowest BCUT2D eigenvalue weighted by Crippen LogP contribution is -2.20. The summed E-state index contributed by atoms with van der Waals surface area (Å²) in [6.45, 7) is 2.40. The van der Waals surface area contributed by atoms with Gasteiger partial charge in [-0.2, -0.15) is 0 Å². The normalized spacial score (nSPS) is 31.0. The fraction of sp³-hybridized carbons (Fsp3) is 0.474. The molecule has 0 heterocycles. The molecular formula is C19H24. The van der Waals surface area contributed by atoms with Crippen LogP contribution in [0.4, 0.5) is 0 Å². The zero-order valence-corrected chi connectivity index (χ0v) is 11.9. The van der Waals surface area contributed by atoms with Crippen molar-refractivity contribution < 1.29 is 0 Å². The topological polar surface area (TPSA) is 0 Å². The molecular weight excluding hydrogens is 228 g/mol. The van der Waals surface area contributed by atoms with Gasteiger partial charge in [-0.15, -0.1) is 0 Å². The average Bonchev–Trinajstić information content (AvgIpc) is 2.49. The van der Waals surface area contributed by atoms with Crippen molar-refractivity contribution in [2.24, 2.45) is 17.8 Å². The third-order valence-electron chi connectivity index (χ3n) is 4.91. The SMILES string of the molecule is CC1CCC(C2C=CC(c3ccccc3)=CC2)CC1. The summed E-state index contributed by atoms with van der Waals surface area (Å²) in [6, 6.07) is 10.7. The maximum Gasteiger partial charge on any atom is -0.0167 e. The molecule has 0 bridgehead atoms. The predicted molar refractivity (Wildman–Crippen MR) is 82.8 cm³/mol. The molecule has 19 heavy (non-hydrogen) atoms. The van der Waals surface area contributed by atoms with Crippen LogP contribution in [0.1, 0.15) is 44.6 Å². The number of hydrogen-bond donors (Lipinski definition) is 0. The molecule has 1 aromatic carbocycles. The van der Waals surface area contributed by atoms with Crippen LogP contribution in [0.5, 0.6) is 0 Å². The molecule has 3 rings (SSSR count). The van der Waals surface area contributed by atoms with Gasteiger partial charge in [0.15, 0.2) is 0 Å². The maximum atomic E-state index is 2.48. The molecule has 1 aromatic rings. The second kappa shape index (κ2) is 5.77. The fourth-order valence-corrected chi connectivity index (χ4v) is 3.55. The van der Waals surface area contributed by atoms with E-state index in [2.05, 4.69) is 55.5 Å². The van der Waals surface area contributed by atoms with Gasteiger partial charge in [-0.05, 0) is 48.2 Å². The summed E-state index contributed by atoms with van der Waals surface area (Å²) in [4.78, 5) is 0. The predicted octanol–water partition coefficient (Wildman–Crippen LogP) is 5.47. The molecule has 0 N–H and O–H groups in total. The van der Waals surface area contributed by atoms with Crippen molar-refractivity contribution >= 4 is 5.57 Å². The van der Waals surface area contributed by atoms with E-state index in [-0.39, 0.29) is 0 Å². The van der Waals surface area contributed by atoms with Crippen molar-refractivity contribution in [1.82, 2.24) is 0 Å². The molecule has 0 aromatic heterocycles. The third-order valence-corrected chi connectivity index (χ3v) is 4.91. The summed E-state index contributed by atoms with van der Waals surface area (Å²) < 4.78 is 0. The summed E-state index contributed by atoms with van der Waals surface area (Å²) in [5.74, 6) is 2.68. The number of allylic oxidation sites excluding steroid dienone is 4. The summed E-state index contributed by atoms with van der Waals surface area (Å²) in [5, 5.41) is 0. The van der Waals surface area contributed by atoms with Crippen molar-refractivity contribution in [3.63, 3.8) is 0 Å². The van der Waals surface area contributed by atoms with Crippen molar-refractivity contribution in [3.8, 4) is 0 Å². The summed E-state index contributed by atoms with van der Waals surface area (Å²) in [7, 11) is 0. The van der Waals surface area contributed by atoms with Crippen molar-refractivity contribution in [1.29, 1.82) is 0 Å². The highest BCUT2D eigenvalue weighted by Crippen LogP contribution is 2.37. The van der Waals surface area contributed by atoms with Crippen LogP contribution in [0.25, 0.3) is 5.57 Å². The zero-order valence-electron chi connectivity index (χ0n) is 11.9. The van der Waals surface area contributed by atoms with Gasteiger partial charge in [0.05, 0.1) is 0 Å². The molecule has 0 saturated heterocycles. The van der Waals surface area contributed by atoms with Gasteiger partial charge in [-0.1, -0.05) is 68.3 Å². The van der Waals surface area contributed by atoms with E-state index in [9.17, 15) is 0 Å². The zero-order chi connectivity index (χ0) is 13.1. The monoisotopic (exact) mass is 252 g/mol. The van der Waals surface area contributed by atoms with Gasteiger partial charge in [-0.3, -0.25) is 0 Å². The highest BCUT2D eigenvalue weighted by molar-refractivity contribution is 5.74. The quantitative estimate of drug-likeness (QED) is 0.654. The van der Waals surface area contributed by atoms with Crippen LogP contribution in [-0.2, 0) is 0 Å². The number of rotatable bonds is 2. The molecule has 0 aliphatic heterocycles. The molecule has 0 heteroatoms. The first-order chi connectivity index (χ1) is 9.33. The summed E-state index contributed by atoms with van der Waals surface area (Å²) >= 11 is 0. The van der Waals surface area contributed by atoms with Crippen LogP contribution >= 0.6 is 0 Å². The number of hydrogen-bond acceptors (Lipinski definition) is 0. The molecule has 1 atom stereocenters. The van der Waals surface area contributed by atoms with Crippen molar-refractivity contribution in [3.05, 3.63) is 54.1 Å². The molecule has 2 aliphatic carbocycles. The fourth-order valence-electron chi connectivity index (χ4n) is 3.55. The Labute approximate surface area is 117 Å². The highest BCUT2D eigenvalue weighted by atomic mass is 14.3. The Balaban J connectivity index is 1.63. The molecule has 2 aliphatic rings. The molecule has 1 saturated carbocycles. The van der Waals surface area contributed by atoms with Crippen LogP contribution in [-0.4, -0.2) is 0 Å². The Hall–Kier alpha value is -1.30. The highest BCUT2D eigenvalue weighted by Gasteiger charge is 2.25. The average molecular weight is 252 g/mol. The van der Waals surface area contributed by atoms with E-state index >= 15 is 0 Å². The van der Waals surface area contributed by atoms with E-state index in [1.165, 1.54) is 43.2 Å². The molecule has 1 unspecified atom stereocenters. The smallest absolute Gasteiger partial charge is 0.0167 e. The molecule has 0 spiro atoms. The van der Waals surface area contributed by atoms with E-state index in [1.807, 2.05) is 0 Å². The second-order valence-electron chi connectivity index (χ2n) is 6.30. The van der Waals surface area contributed by atoms with Crippen LogP contribution < -0.4 is 0 Å². The first kappa shape index (κ1) is 12.7. The van der Waals surface area contributed by atoms with Gasteiger partial charge in [-0.25, -0.2) is 0 Å². The van der Waals surface area contributed by atoms with Gasteiger partial charge < -0.3 is 0 Å². The first-order valence-corrected chi connectivity index (χ1v) is 7.76. The Bertz CT molecular complexity index is 458. The van der Waals surface area contributed by atoms with E-state index in [4.69, 9.17) is 0 Å². The standard InChI is InChI=1S/C19H24/c1-15-7-9-17(10-8-15)19-13-11-18(12-14-19)16-5-3-2-4-6-16/h2-6,11-13,15,17,19H,7-10,14H2,1H3. The van der Waals surface area contributed by atoms with Gasteiger partial charge in [0, 0.05) is 0 Å². The van der Waals surface area contributed by atoms with E-state index in [0.29, 0.717) is 0 Å². The van der Waals surface area contributed by atoms with E-state index in [0.717, 1.165) is 17.8 Å².